The average molecular weight is 232 g/mol. The first-order chi connectivity index (χ1) is 7.83. The summed E-state index contributed by atoms with van der Waals surface area (Å²) in [5.41, 5.74) is 4.73. The minimum atomic E-state index is 0.193. The molecule has 0 aliphatic heterocycles. The molecule has 0 unspecified atom stereocenters. The van der Waals surface area contributed by atoms with Crippen LogP contribution in [0.3, 0.4) is 0 Å². The maximum absolute atomic E-state index is 5.73. The highest BCUT2D eigenvalue weighted by Crippen LogP contribution is 2.26. The predicted octanol–water partition coefficient (Wildman–Crippen LogP) is 2.68. The SMILES string of the molecule is Clc1nncc(-c2ccc3c(c2)CCC3)n1. The molecule has 0 amide bonds. The Bertz CT molecular complexity index is 540. The molecular formula is C12H10ClN3. The van der Waals surface area contributed by atoms with Crippen LogP contribution in [0.15, 0.2) is 24.4 Å². The van der Waals surface area contributed by atoms with Crippen LogP contribution in [0.25, 0.3) is 11.3 Å². The van der Waals surface area contributed by atoms with Crippen molar-refractivity contribution in [2.24, 2.45) is 0 Å². The highest BCUT2D eigenvalue weighted by molar-refractivity contribution is 6.28. The number of halogens is 1. The van der Waals surface area contributed by atoms with Gasteiger partial charge in [0.1, 0.15) is 0 Å². The van der Waals surface area contributed by atoms with Gasteiger partial charge in [0, 0.05) is 5.56 Å². The molecule has 3 rings (SSSR count). The molecule has 0 bridgehead atoms. The van der Waals surface area contributed by atoms with E-state index in [4.69, 9.17) is 11.6 Å². The molecule has 16 heavy (non-hydrogen) atoms. The molecule has 0 saturated heterocycles. The van der Waals surface area contributed by atoms with E-state index in [1.807, 2.05) is 0 Å². The van der Waals surface area contributed by atoms with E-state index in [1.54, 1.807) is 6.20 Å². The molecule has 0 N–H and O–H groups in total. The van der Waals surface area contributed by atoms with Crippen molar-refractivity contribution >= 4 is 11.6 Å². The zero-order valence-electron chi connectivity index (χ0n) is 8.65. The first-order valence-electron chi connectivity index (χ1n) is 5.30. The molecular weight excluding hydrogens is 222 g/mol. The van der Waals surface area contributed by atoms with Gasteiger partial charge in [0.25, 0.3) is 0 Å². The molecule has 1 heterocycles. The molecule has 4 heteroatoms. The second-order valence-electron chi connectivity index (χ2n) is 3.95. The van der Waals surface area contributed by atoms with E-state index < -0.39 is 0 Å². The summed E-state index contributed by atoms with van der Waals surface area (Å²) in [6, 6.07) is 6.43. The van der Waals surface area contributed by atoms with Crippen molar-refractivity contribution in [2.75, 3.05) is 0 Å². The Morgan fingerprint density at radius 2 is 2.00 bits per heavy atom. The number of hydrogen-bond donors (Lipinski definition) is 0. The monoisotopic (exact) mass is 231 g/mol. The fourth-order valence-electron chi connectivity index (χ4n) is 2.15. The minimum absolute atomic E-state index is 0.193. The van der Waals surface area contributed by atoms with Crippen molar-refractivity contribution in [1.29, 1.82) is 0 Å². The van der Waals surface area contributed by atoms with Gasteiger partial charge in [0.05, 0.1) is 11.9 Å². The Balaban J connectivity index is 2.07. The molecule has 3 nitrogen and oxygen atoms in total. The minimum Gasteiger partial charge on any atom is -0.215 e. The molecule has 2 aromatic rings. The summed E-state index contributed by atoms with van der Waals surface area (Å²) >= 11 is 5.73. The summed E-state index contributed by atoms with van der Waals surface area (Å²) in [4.78, 5) is 4.16. The summed E-state index contributed by atoms with van der Waals surface area (Å²) in [7, 11) is 0. The second-order valence-corrected chi connectivity index (χ2v) is 4.29. The fraction of sp³-hybridized carbons (Fsp3) is 0.250. The van der Waals surface area contributed by atoms with Gasteiger partial charge in [0.2, 0.25) is 5.28 Å². The number of benzene rings is 1. The van der Waals surface area contributed by atoms with E-state index in [0.29, 0.717) is 0 Å². The molecule has 1 aromatic carbocycles. The summed E-state index contributed by atoms with van der Waals surface area (Å²) in [5.74, 6) is 0. The molecule has 1 aliphatic carbocycles. The van der Waals surface area contributed by atoms with Gasteiger partial charge in [0.15, 0.2) is 0 Å². The number of rotatable bonds is 1. The van der Waals surface area contributed by atoms with Crippen molar-refractivity contribution < 1.29 is 0 Å². The van der Waals surface area contributed by atoms with Crippen LogP contribution in [0.2, 0.25) is 5.28 Å². The smallest absolute Gasteiger partial charge is 0.215 e. The van der Waals surface area contributed by atoms with Crippen molar-refractivity contribution in [3.05, 3.63) is 40.8 Å². The van der Waals surface area contributed by atoms with Gasteiger partial charge in [-0.1, -0.05) is 12.1 Å². The summed E-state index contributed by atoms with van der Waals surface area (Å²) < 4.78 is 0. The van der Waals surface area contributed by atoms with E-state index in [0.717, 1.165) is 17.7 Å². The van der Waals surface area contributed by atoms with Crippen LogP contribution in [-0.4, -0.2) is 15.2 Å². The topological polar surface area (TPSA) is 38.7 Å². The third kappa shape index (κ3) is 1.67. The standard InChI is InChI=1S/C12H10ClN3/c13-12-15-11(7-14-16-12)10-5-4-8-2-1-3-9(8)6-10/h4-7H,1-3H2. The second kappa shape index (κ2) is 3.83. The predicted molar refractivity (Wildman–Crippen MR) is 62.3 cm³/mol. The molecule has 0 radical (unpaired) electrons. The van der Waals surface area contributed by atoms with E-state index >= 15 is 0 Å². The van der Waals surface area contributed by atoms with Gasteiger partial charge in [-0.15, -0.1) is 5.10 Å². The van der Waals surface area contributed by atoms with Crippen LogP contribution in [0.1, 0.15) is 17.5 Å². The lowest BCUT2D eigenvalue weighted by Gasteiger charge is -2.03. The summed E-state index contributed by atoms with van der Waals surface area (Å²) in [6.07, 6.45) is 5.25. The van der Waals surface area contributed by atoms with Crippen LogP contribution < -0.4 is 0 Å². The average Bonchev–Trinajstić information content (AvgIpc) is 2.75. The summed E-state index contributed by atoms with van der Waals surface area (Å²) in [6.45, 7) is 0. The highest BCUT2D eigenvalue weighted by Gasteiger charge is 2.12. The number of aryl methyl sites for hydroxylation is 2. The normalized spacial score (nSPS) is 13.8. The molecule has 1 aliphatic rings. The van der Waals surface area contributed by atoms with E-state index in [2.05, 4.69) is 33.4 Å². The zero-order chi connectivity index (χ0) is 11.0. The van der Waals surface area contributed by atoms with Crippen LogP contribution >= 0.6 is 11.6 Å². The maximum Gasteiger partial charge on any atom is 0.243 e. The van der Waals surface area contributed by atoms with Gasteiger partial charge < -0.3 is 0 Å². The van der Waals surface area contributed by atoms with Crippen molar-refractivity contribution in [2.45, 2.75) is 19.3 Å². The molecule has 0 spiro atoms. The molecule has 1 aromatic heterocycles. The Morgan fingerprint density at radius 1 is 1.12 bits per heavy atom. The third-order valence-electron chi connectivity index (χ3n) is 2.93. The van der Waals surface area contributed by atoms with Crippen LogP contribution in [0.4, 0.5) is 0 Å². The lowest BCUT2D eigenvalue weighted by molar-refractivity contribution is 0.912. The number of fused-ring (bicyclic) bond motifs is 1. The lowest BCUT2D eigenvalue weighted by atomic mass is 10.0. The Labute approximate surface area is 98.5 Å². The van der Waals surface area contributed by atoms with E-state index in [1.165, 1.54) is 24.0 Å². The van der Waals surface area contributed by atoms with Crippen LogP contribution in [-0.2, 0) is 12.8 Å². The zero-order valence-corrected chi connectivity index (χ0v) is 9.41. The van der Waals surface area contributed by atoms with Crippen LogP contribution in [0, 0.1) is 0 Å². The quantitative estimate of drug-likeness (QED) is 0.758. The fourth-order valence-corrected chi connectivity index (χ4v) is 2.29. The third-order valence-corrected chi connectivity index (χ3v) is 3.09. The number of aromatic nitrogens is 3. The molecule has 0 atom stereocenters. The van der Waals surface area contributed by atoms with Crippen molar-refractivity contribution in [3.8, 4) is 11.3 Å². The van der Waals surface area contributed by atoms with Gasteiger partial charge >= 0.3 is 0 Å². The highest BCUT2D eigenvalue weighted by atomic mass is 35.5. The van der Waals surface area contributed by atoms with E-state index in [-0.39, 0.29) is 5.28 Å². The Morgan fingerprint density at radius 3 is 2.88 bits per heavy atom. The van der Waals surface area contributed by atoms with Crippen molar-refractivity contribution in [3.63, 3.8) is 0 Å². The molecule has 0 fully saturated rings. The largest absolute Gasteiger partial charge is 0.243 e. The lowest BCUT2D eigenvalue weighted by Crippen LogP contribution is -1.91. The first kappa shape index (κ1) is 9.73. The number of hydrogen-bond acceptors (Lipinski definition) is 3. The van der Waals surface area contributed by atoms with Crippen molar-refractivity contribution in [1.82, 2.24) is 15.2 Å². The first-order valence-corrected chi connectivity index (χ1v) is 5.68. The Hall–Kier alpha value is -1.48. The maximum atomic E-state index is 5.73. The van der Waals surface area contributed by atoms with Gasteiger partial charge in [-0.25, -0.2) is 4.98 Å². The Kier molecular flexibility index (Phi) is 2.33. The van der Waals surface area contributed by atoms with E-state index in [9.17, 15) is 0 Å². The molecule has 0 saturated carbocycles. The summed E-state index contributed by atoms with van der Waals surface area (Å²) in [5, 5.41) is 7.64. The van der Waals surface area contributed by atoms with Gasteiger partial charge in [-0.3, -0.25) is 0 Å². The van der Waals surface area contributed by atoms with Crippen LogP contribution in [0.5, 0.6) is 0 Å². The van der Waals surface area contributed by atoms with Gasteiger partial charge in [-0.05, 0) is 48.1 Å². The number of nitrogens with zero attached hydrogens (tertiary/aromatic N) is 3. The molecule has 80 valence electrons. The van der Waals surface area contributed by atoms with Gasteiger partial charge in [-0.2, -0.15) is 5.10 Å².